The first kappa shape index (κ1) is 6.74. The number of anilines is 1. The van der Waals surface area contributed by atoms with Gasteiger partial charge in [-0.25, -0.2) is 4.98 Å². The molecule has 1 aromatic rings. The lowest BCUT2D eigenvalue weighted by molar-refractivity contribution is -0.107. The van der Waals surface area contributed by atoms with Crippen molar-refractivity contribution in [3.63, 3.8) is 0 Å². The van der Waals surface area contributed by atoms with E-state index in [4.69, 9.17) is 0 Å². The monoisotopic (exact) mass is 135 g/mol. The van der Waals surface area contributed by atoms with Crippen molar-refractivity contribution in [2.24, 2.45) is 0 Å². The first-order valence-corrected chi connectivity index (χ1v) is 2.85. The van der Waals surface area contributed by atoms with Crippen LogP contribution in [0.2, 0.25) is 0 Å². The van der Waals surface area contributed by atoms with Crippen LogP contribution in [-0.4, -0.2) is 18.4 Å². The quantitative estimate of drug-likeness (QED) is 0.552. The highest BCUT2D eigenvalue weighted by atomic mass is 16.1. The Hall–Kier alpha value is -1.38. The van der Waals surface area contributed by atoms with E-state index < -0.39 is 0 Å². The lowest BCUT2D eigenvalue weighted by atomic mass is 10.4. The highest BCUT2D eigenvalue weighted by Crippen LogP contribution is 2.02. The third-order valence-corrected chi connectivity index (χ3v) is 1.11. The predicted molar refractivity (Wildman–Crippen MR) is 37.5 cm³/mol. The number of amides is 1. The molecule has 0 aromatic carbocycles. The molecule has 0 aliphatic rings. The Morgan fingerprint density at radius 3 is 3.10 bits per heavy atom. The SMILES string of the molecule is CN(C=O)c1c[c]ccn1. The largest absolute Gasteiger partial charge is 0.303 e. The minimum Gasteiger partial charge on any atom is -0.303 e. The zero-order valence-electron chi connectivity index (χ0n) is 5.61. The summed E-state index contributed by atoms with van der Waals surface area (Å²) in [5.41, 5.74) is 0. The lowest BCUT2D eigenvalue weighted by Crippen LogP contribution is -2.14. The highest BCUT2D eigenvalue weighted by Gasteiger charge is 1.95. The molecule has 3 heteroatoms. The molecule has 1 aromatic heterocycles. The maximum Gasteiger partial charge on any atom is 0.215 e. The molecule has 0 N–H and O–H groups in total. The molecule has 0 unspecified atom stereocenters. The van der Waals surface area contributed by atoms with Crippen LogP contribution < -0.4 is 4.90 Å². The Labute approximate surface area is 59.3 Å². The van der Waals surface area contributed by atoms with Crippen molar-refractivity contribution in [3.05, 3.63) is 24.4 Å². The first-order chi connectivity index (χ1) is 4.84. The molecule has 0 aliphatic heterocycles. The van der Waals surface area contributed by atoms with E-state index in [1.54, 1.807) is 25.4 Å². The van der Waals surface area contributed by atoms with Gasteiger partial charge in [0.05, 0.1) is 0 Å². The van der Waals surface area contributed by atoms with Crippen molar-refractivity contribution >= 4 is 12.2 Å². The van der Waals surface area contributed by atoms with Crippen molar-refractivity contribution in [1.29, 1.82) is 0 Å². The van der Waals surface area contributed by atoms with Gasteiger partial charge in [-0.2, -0.15) is 0 Å². The number of carbonyl (C=O) groups is 1. The third kappa shape index (κ3) is 1.31. The zero-order chi connectivity index (χ0) is 7.40. The molecule has 0 atom stereocenters. The number of carbonyl (C=O) groups excluding carboxylic acids is 1. The van der Waals surface area contributed by atoms with Crippen LogP contribution in [0.25, 0.3) is 0 Å². The summed E-state index contributed by atoms with van der Waals surface area (Å²) in [5, 5.41) is 0. The van der Waals surface area contributed by atoms with Gasteiger partial charge in [0.15, 0.2) is 0 Å². The summed E-state index contributed by atoms with van der Waals surface area (Å²) < 4.78 is 0. The Bertz CT molecular complexity index is 210. The van der Waals surface area contributed by atoms with Crippen LogP contribution in [0.4, 0.5) is 5.82 Å². The van der Waals surface area contributed by atoms with Crippen LogP contribution in [-0.2, 0) is 4.79 Å². The van der Waals surface area contributed by atoms with E-state index in [1.807, 2.05) is 0 Å². The summed E-state index contributed by atoms with van der Waals surface area (Å²) in [5.74, 6) is 0.609. The second-order valence-electron chi connectivity index (χ2n) is 1.83. The summed E-state index contributed by atoms with van der Waals surface area (Å²) in [6.07, 6.45) is 2.30. The Morgan fingerprint density at radius 2 is 2.60 bits per heavy atom. The predicted octanol–water partition coefficient (Wildman–Crippen LogP) is 0.474. The van der Waals surface area contributed by atoms with Crippen molar-refractivity contribution in [3.8, 4) is 0 Å². The smallest absolute Gasteiger partial charge is 0.215 e. The second kappa shape index (κ2) is 2.96. The van der Waals surface area contributed by atoms with Crippen LogP contribution in [0.5, 0.6) is 0 Å². The molecule has 0 saturated carbocycles. The molecule has 1 amide bonds. The standard InChI is InChI=1S/C7H7N2O/c1-9(6-10)7-4-2-3-5-8-7/h3-6H,1H3. The molecule has 3 nitrogen and oxygen atoms in total. The Kier molecular flexibility index (Phi) is 1.99. The summed E-state index contributed by atoms with van der Waals surface area (Å²) in [6.45, 7) is 0. The lowest BCUT2D eigenvalue weighted by Gasteiger charge is -2.06. The van der Waals surface area contributed by atoms with Gasteiger partial charge in [0.25, 0.3) is 0 Å². The fourth-order valence-electron chi connectivity index (χ4n) is 0.563. The second-order valence-corrected chi connectivity index (χ2v) is 1.83. The van der Waals surface area contributed by atoms with E-state index in [9.17, 15) is 4.79 Å². The Balaban J connectivity index is 2.84. The van der Waals surface area contributed by atoms with Crippen molar-refractivity contribution in [1.82, 2.24) is 4.98 Å². The molecule has 1 heterocycles. The molecule has 0 spiro atoms. The normalized spacial score (nSPS) is 8.90. The fraction of sp³-hybridized carbons (Fsp3) is 0.143. The summed E-state index contributed by atoms with van der Waals surface area (Å²) >= 11 is 0. The maximum absolute atomic E-state index is 10.2. The Morgan fingerprint density at radius 1 is 1.80 bits per heavy atom. The van der Waals surface area contributed by atoms with Gasteiger partial charge in [-0.15, -0.1) is 0 Å². The van der Waals surface area contributed by atoms with Gasteiger partial charge >= 0.3 is 0 Å². The summed E-state index contributed by atoms with van der Waals surface area (Å²) in [7, 11) is 1.64. The van der Waals surface area contributed by atoms with Gasteiger partial charge in [0, 0.05) is 13.2 Å². The van der Waals surface area contributed by atoms with E-state index >= 15 is 0 Å². The van der Waals surface area contributed by atoms with Crippen LogP contribution >= 0.6 is 0 Å². The van der Waals surface area contributed by atoms with Gasteiger partial charge < -0.3 is 4.90 Å². The molecular weight excluding hydrogens is 128 g/mol. The number of pyridine rings is 1. The molecular formula is C7H7N2O. The van der Waals surface area contributed by atoms with E-state index in [2.05, 4.69) is 11.1 Å². The highest BCUT2D eigenvalue weighted by molar-refractivity contribution is 5.71. The van der Waals surface area contributed by atoms with Gasteiger partial charge in [-0.1, -0.05) is 0 Å². The van der Waals surface area contributed by atoms with Crippen LogP contribution in [0.3, 0.4) is 0 Å². The average molecular weight is 135 g/mol. The summed E-state index contributed by atoms with van der Waals surface area (Å²) in [6, 6.07) is 6.14. The zero-order valence-corrected chi connectivity index (χ0v) is 5.61. The number of hydrogen-bond donors (Lipinski definition) is 0. The number of rotatable bonds is 2. The molecule has 1 radical (unpaired) electrons. The van der Waals surface area contributed by atoms with Crippen LogP contribution in [0.15, 0.2) is 18.3 Å². The number of nitrogens with zero attached hydrogens (tertiary/aromatic N) is 2. The van der Waals surface area contributed by atoms with E-state index in [0.717, 1.165) is 0 Å². The molecule has 10 heavy (non-hydrogen) atoms. The molecule has 0 saturated heterocycles. The minimum atomic E-state index is 0.609. The minimum absolute atomic E-state index is 0.609. The van der Waals surface area contributed by atoms with E-state index in [-0.39, 0.29) is 0 Å². The number of aromatic nitrogens is 1. The molecule has 51 valence electrons. The first-order valence-electron chi connectivity index (χ1n) is 2.85. The maximum atomic E-state index is 10.2. The number of hydrogen-bond acceptors (Lipinski definition) is 2. The van der Waals surface area contributed by atoms with Crippen molar-refractivity contribution < 1.29 is 4.79 Å². The van der Waals surface area contributed by atoms with Gasteiger partial charge in [-0.05, 0) is 18.2 Å². The van der Waals surface area contributed by atoms with Crippen LogP contribution in [0, 0.1) is 6.07 Å². The van der Waals surface area contributed by atoms with Gasteiger partial charge in [-0.3, -0.25) is 4.79 Å². The van der Waals surface area contributed by atoms with Gasteiger partial charge in [0.2, 0.25) is 6.41 Å². The molecule has 0 fully saturated rings. The molecule has 0 bridgehead atoms. The average Bonchev–Trinajstić information content (AvgIpc) is 2.05. The third-order valence-electron chi connectivity index (χ3n) is 1.11. The molecule has 0 aliphatic carbocycles. The fourth-order valence-corrected chi connectivity index (χ4v) is 0.563. The molecule has 1 rings (SSSR count). The van der Waals surface area contributed by atoms with Crippen molar-refractivity contribution in [2.45, 2.75) is 0 Å². The topological polar surface area (TPSA) is 33.2 Å². The summed E-state index contributed by atoms with van der Waals surface area (Å²) in [4.78, 5) is 15.5. The van der Waals surface area contributed by atoms with E-state index in [1.165, 1.54) is 4.90 Å². The van der Waals surface area contributed by atoms with Crippen molar-refractivity contribution in [2.75, 3.05) is 11.9 Å². The van der Waals surface area contributed by atoms with E-state index in [0.29, 0.717) is 12.2 Å². The van der Waals surface area contributed by atoms with Gasteiger partial charge in [0.1, 0.15) is 5.82 Å². The van der Waals surface area contributed by atoms with Crippen LogP contribution in [0.1, 0.15) is 0 Å².